The third-order valence-electron chi connectivity index (χ3n) is 4.41. The SMILES string of the molecule is CCC[n+]1c(-c2ccccc2)cc(-c2ccccc2)cc1C(C)C. The quantitative estimate of drug-likeness (QED) is 0.520. The van der Waals surface area contributed by atoms with Crippen molar-refractivity contribution >= 4 is 0 Å². The molecule has 0 radical (unpaired) electrons. The Kier molecular flexibility index (Phi) is 5.10. The minimum Gasteiger partial charge on any atom is -0.195 e. The maximum Gasteiger partial charge on any atom is 0.213 e. The second-order valence-electron chi connectivity index (χ2n) is 6.59. The summed E-state index contributed by atoms with van der Waals surface area (Å²) in [6, 6.07) is 26.1. The van der Waals surface area contributed by atoms with Gasteiger partial charge < -0.3 is 0 Å². The molecule has 0 saturated carbocycles. The van der Waals surface area contributed by atoms with Gasteiger partial charge in [0.2, 0.25) is 5.69 Å². The van der Waals surface area contributed by atoms with E-state index in [2.05, 4.69) is 98.1 Å². The average Bonchev–Trinajstić information content (AvgIpc) is 2.63. The third-order valence-corrected chi connectivity index (χ3v) is 4.41. The van der Waals surface area contributed by atoms with Gasteiger partial charge in [-0.15, -0.1) is 0 Å². The number of hydrogen-bond donors (Lipinski definition) is 0. The van der Waals surface area contributed by atoms with Crippen LogP contribution in [0, 0.1) is 0 Å². The molecule has 1 nitrogen and oxygen atoms in total. The summed E-state index contributed by atoms with van der Waals surface area (Å²) < 4.78 is 2.49. The van der Waals surface area contributed by atoms with Crippen LogP contribution in [0.4, 0.5) is 0 Å². The molecule has 0 bridgehead atoms. The normalized spacial score (nSPS) is 11.0. The van der Waals surface area contributed by atoms with Crippen LogP contribution in [-0.4, -0.2) is 0 Å². The smallest absolute Gasteiger partial charge is 0.195 e. The van der Waals surface area contributed by atoms with Crippen LogP contribution in [0.2, 0.25) is 0 Å². The molecule has 3 aromatic rings. The van der Waals surface area contributed by atoms with Crippen LogP contribution in [0.25, 0.3) is 22.4 Å². The van der Waals surface area contributed by atoms with E-state index in [1.165, 1.54) is 28.1 Å². The van der Waals surface area contributed by atoms with Gasteiger partial charge in [0, 0.05) is 30.0 Å². The lowest BCUT2D eigenvalue weighted by atomic mass is 9.98. The minimum absolute atomic E-state index is 0.489. The fourth-order valence-corrected chi connectivity index (χ4v) is 3.24. The van der Waals surface area contributed by atoms with E-state index in [1.54, 1.807) is 0 Å². The number of rotatable bonds is 5. The lowest BCUT2D eigenvalue weighted by molar-refractivity contribution is -0.694. The van der Waals surface area contributed by atoms with Gasteiger partial charge in [-0.2, -0.15) is 4.57 Å². The summed E-state index contributed by atoms with van der Waals surface area (Å²) >= 11 is 0. The van der Waals surface area contributed by atoms with Crippen LogP contribution in [0.5, 0.6) is 0 Å². The maximum atomic E-state index is 2.49. The number of aromatic nitrogens is 1. The Morgan fingerprint density at radius 1 is 0.750 bits per heavy atom. The van der Waals surface area contributed by atoms with Crippen LogP contribution in [-0.2, 0) is 6.54 Å². The van der Waals surface area contributed by atoms with Gasteiger partial charge >= 0.3 is 0 Å². The minimum atomic E-state index is 0.489. The lowest BCUT2D eigenvalue weighted by Gasteiger charge is -2.14. The molecule has 2 aromatic carbocycles. The van der Waals surface area contributed by atoms with Gasteiger partial charge in [0.1, 0.15) is 6.54 Å². The molecule has 0 aliphatic rings. The van der Waals surface area contributed by atoms with Crippen molar-refractivity contribution in [3.05, 3.63) is 78.5 Å². The largest absolute Gasteiger partial charge is 0.213 e. The van der Waals surface area contributed by atoms with Crippen molar-refractivity contribution < 1.29 is 4.57 Å². The highest BCUT2D eigenvalue weighted by Gasteiger charge is 2.22. The highest BCUT2D eigenvalue weighted by molar-refractivity contribution is 5.69. The van der Waals surface area contributed by atoms with E-state index in [1.807, 2.05) is 0 Å². The summed E-state index contributed by atoms with van der Waals surface area (Å²) in [7, 11) is 0. The van der Waals surface area contributed by atoms with E-state index in [0.717, 1.165) is 13.0 Å². The van der Waals surface area contributed by atoms with Crippen molar-refractivity contribution in [3.63, 3.8) is 0 Å². The summed E-state index contributed by atoms with van der Waals surface area (Å²) in [6.07, 6.45) is 1.13. The molecule has 3 rings (SSSR count). The van der Waals surface area contributed by atoms with Crippen molar-refractivity contribution in [2.75, 3.05) is 0 Å². The van der Waals surface area contributed by atoms with Crippen LogP contribution < -0.4 is 4.57 Å². The molecule has 1 heteroatoms. The van der Waals surface area contributed by atoms with Crippen molar-refractivity contribution in [3.8, 4) is 22.4 Å². The van der Waals surface area contributed by atoms with Crippen LogP contribution in [0.1, 0.15) is 38.8 Å². The fraction of sp³-hybridized carbons (Fsp3) is 0.261. The second-order valence-corrected chi connectivity index (χ2v) is 6.59. The van der Waals surface area contributed by atoms with E-state index in [-0.39, 0.29) is 0 Å². The molecule has 0 unspecified atom stereocenters. The van der Waals surface area contributed by atoms with Crippen LogP contribution >= 0.6 is 0 Å². The molecular weight excluding hydrogens is 290 g/mol. The zero-order valence-electron chi connectivity index (χ0n) is 14.9. The number of nitrogens with zero attached hydrogens (tertiary/aromatic N) is 1. The Labute approximate surface area is 145 Å². The standard InChI is InChI=1S/C23H26N/c1-4-15-24-22(18(2)3)16-21(19-11-7-5-8-12-19)17-23(24)20-13-9-6-10-14-20/h5-14,16-18H,4,15H2,1-3H3/q+1. The Balaban J connectivity index is 2.26. The van der Waals surface area contributed by atoms with Gasteiger partial charge in [0.15, 0.2) is 5.69 Å². The van der Waals surface area contributed by atoms with Crippen LogP contribution in [0.3, 0.4) is 0 Å². The van der Waals surface area contributed by atoms with Gasteiger partial charge in [-0.05, 0) is 23.3 Å². The highest BCUT2D eigenvalue weighted by atomic mass is 15.0. The van der Waals surface area contributed by atoms with Gasteiger partial charge in [-0.1, -0.05) is 69.3 Å². The molecule has 0 N–H and O–H groups in total. The van der Waals surface area contributed by atoms with Crippen molar-refractivity contribution in [1.29, 1.82) is 0 Å². The Hall–Kier alpha value is -2.41. The Morgan fingerprint density at radius 3 is 1.88 bits per heavy atom. The highest BCUT2D eigenvalue weighted by Crippen LogP contribution is 2.27. The Bertz CT molecular complexity index is 789. The molecule has 0 saturated heterocycles. The van der Waals surface area contributed by atoms with Gasteiger partial charge in [0.25, 0.3) is 0 Å². The van der Waals surface area contributed by atoms with E-state index >= 15 is 0 Å². The zero-order chi connectivity index (χ0) is 16.9. The first-order chi connectivity index (χ1) is 11.7. The molecule has 1 heterocycles. The van der Waals surface area contributed by atoms with Crippen molar-refractivity contribution in [2.45, 2.75) is 39.7 Å². The maximum absolute atomic E-state index is 2.49. The molecule has 122 valence electrons. The predicted molar refractivity (Wildman–Crippen MR) is 102 cm³/mol. The second kappa shape index (κ2) is 7.44. The fourth-order valence-electron chi connectivity index (χ4n) is 3.24. The lowest BCUT2D eigenvalue weighted by Crippen LogP contribution is -2.41. The van der Waals surface area contributed by atoms with Crippen molar-refractivity contribution in [1.82, 2.24) is 0 Å². The first kappa shape index (κ1) is 16.4. The molecule has 0 aliphatic carbocycles. The molecule has 24 heavy (non-hydrogen) atoms. The summed E-state index contributed by atoms with van der Waals surface area (Å²) in [6.45, 7) is 7.86. The monoisotopic (exact) mass is 316 g/mol. The number of benzene rings is 2. The molecule has 0 fully saturated rings. The van der Waals surface area contributed by atoms with E-state index in [4.69, 9.17) is 0 Å². The van der Waals surface area contributed by atoms with Gasteiger partial charge in [0.05, 0.1) is 0 Å². The molecule has 0 amide bonds. The summed E-state index contributed by atoms with van der Waals surface area (Å²) in [5, 5.41) is 0. The summed E-state index contributed by atoms with van der Waals surface area (Å²) in [5.74, 6) is 0.489. The van der Waals surface area contributed by atoms with Gasteiger partial charge in [-0.3, -0.25) is 0 Å². The number of pyridine rings is 1. The topological polar surface area (TPSA) is 3.88 Å². The molecule has 0 spiro atoms. The zero-order valence-corrected chi connectivity index (χ0v) is 14.9. The Morgan fingerprint density at radius 2 is 1.33 bits per heavy atom. The van der Waals surface area contributed by atoms with Crippen LogP contribution in [0.15, 0.2) is 72.8 Å². The van der Waals surface area contributed by atoms with E-state index < -0.39 is 0 Å². The van der Waals surface area contributed by atoms with E-state index in [0.29, 0.717) is 5.92 Å². The molecule has 0 atom stereocenters. The first-order valence-electron chi connectivity index (χ1n) is 8.89. The molecular formula is C23H26N+. The molecule has 0 aliphatic heterocycles. The number of hydrogen-bond acceptors (Lipinski definition) is 0. The first-order valence-corrected chi connectivity index (χ1v) is 8.89. The average molecular weight is 316 g/mol. The van der Waals surface area contributed by atoms with Crippen molar-refractivity contribution in [2.24, 2.45) is 0 Å². The van der Waals surface area contributed by atoms with E-state index in [9.17, 15) is 0 Å². The molecule has 1 aromatic heterocycles. The predicted octanol–water partition coefficient (Wildman–Crippen LogP) is 5.84. The summed E-state index contributed by atoms with van der Waals surface area (Å²) in [5.41, 5.74) is 6.57. The summed E-state index contributed by atoms with van der Waals surface area (Å²) in [4.78, 5) is 0. The van der Waals surface area contributed by atoms with Gasteiger partial charge in [-0.25, -0.2) is 0 Å². The third kappa shape index (κ3) is 3.41.